The molecule has 4 aromatic carbocycles. The minimum absolute atomic E-state index is 0.0980. The van der Waals surface area contributed by atoms with Crippen LogP contribution in [0.1, 0.15) is 84.3 Å². The van der Waals surface area contributed by atoms with Crippen LogP contribution in [0.3, 0.4) is 0 Å². The maximum Gasteiger partial charge on any atom is 0.326 e. The lowest BCUT2D eigenvalue weighted by Crippen LogP contribution is -2.63. The lowest BCUT2D eigenvalue weighted by atomic mass is 9.94. The molecular weight excluding hydrogens is 789 g/mol. The number of esters is 1. The van der Waals surface area contributed by atoms with Crippen LogP contribution in [-0.2, 0) is 36.9 Å². The lowest BCUT2D eigenvalue weighted by molar-refractivity contribution is -0.194. The fraction of sp³-hybridized carbons (Fsp3) is 0.417. The molecule has 4 aromatic rings. The van der Waals surface area contributed by atoms with Gasteiger partial charge in [-0.1, -0.05) is 136 Å². The molecule has 1 heterocycles. The Balaban J connectivity index is 1.50. The minimum atomic E-state index is -1.29. The van der Waals surface area contributed by atoms with Gasteiger partial charge in [0.05, 0.1) is 18.2 Å². The Bertz CT molecular complexity index is 2070. The average molecular weight is 851 g/mol. The summed E-state index contributed by atoms with van der Waals surface area (Å²) >= 11 is 0. The summed E-state index contributed by atoms with van der Waals surface area (Å²) in [4.78, 5) is 52.2. The van der Waals surface area contributed by atoms with Gasteiger partial charge in [-0.15, -0.1) is 0 Å². The Labute approximate surface area is 365 Å². The number of aliphatic hydroxyl groups is 1. The van der Waals surface area contributed by atoms with Crippen LogP contribution in [0.2, 0.25) is 0 Å². The van der Waals surface area contributed by atoms with E-state index < -0.39 is 36.2 Å². The molecular formula is C48H62N6O8. The largest absolute Gasteiger partial charge is 0.481 e. The molecule has 1 aliphatic rings. The van der Waals surface area contributed by atoms with Crippen LogP contribution in [0.4, 0.5) is 5.69 Å². The monoisotopic (exact) mass is 850 g/mol. The SMILES string of the molecule is CCCCC(=O)N(Cc1ccc(-c2ccccc2N2CNNN2N(C(O)CCC(=O)O)C(Cc2ccc(-c3ccccc3)cc2)CC(C)C(=O)OCC)cc1)[C@H](C(=O)O)C(C)C. The molecule has 5 rings (SSSR count). The number of carbonyl (C=O) groups excluding carboxylic acids is 2. The number of carbonyl (C=O) groups is 4. The number of hydrogen-bond acceptors (Lipinski definition) is 11. The number of hydrazine groups is 4. The number of nitrogens with zero attached hydrogens (tertiary/aromatic N) is 4. The molecule has 1 saturated heterocycles. The molecule has 5 N–H and O–H groups in total. The number of aliphatic hydroxyl groups excluding tert-OH is 1. The fourth-order valence-corrected chi connectivity index (χ4v) is 7.92. The van der Waals surface area contributed by atoms with Gasteiger partial charge < -0.3 is 25.0 Å². The second-order valence-electron chi connectivity index (χ2n) is 16.1. The molecule has 14 heteroatoms. The number of ether oxygens (including phenoxy) is 1. The molecule has 14 nitrogen and oxygen atoms in total. The number of para-hydroxylation sites is 1. The molecule has 1 amide bonds. The van der Waals surface area contributed by atoms with Crippen molar-refractivity contribution in [3.63, 3.8) is 0 Å². The quantitative estimate of drug-likeness (QED) is 0.0373. The average Bonchev–Trinajstić information content (AvgIpc) is 3.74. The van der Waals surface area contributed by atoms with Crippen LogP contribution in [0.15, 0.2) is 103 Å². The topological polar surface area (TPSA) is 175 Å². The number of unbranched alkanes of at least 4 members (excludes halogenated alkanes) is 1. The summed E-state index contributed by atoms with van der Waals surface area (Å²) in [5.41, 5.74) is 12.7. The molecule has 0 aromatic heterocycles. The highest BCUT2D eigenvalue weighted by atomic mass is 16.5. The number of nitrogens with one attached hydrogen (secondary N) is 2. The van der Waals surface area contributed by atoms with E-state index in [0.29, 0.717) is 12.8 Å². The van der Waals surface area contributed by atoms with Crippen molar-refractivity contribution < 1.29 is 39.2 Å². The van der Waals surface area contributed by atoms with Gasteiger partial charge in [-0.3, -0.25) is 19.4 Å². The van der Waals surface area contributed by atoms with Crippen molar-refractivity contribution in [1.82, 2.24) is 26.1 Å². The molecule has 0 spiro atoms. The molecule has 3 unspecified atom stereocenters. The molecule has 1 aliphatic heterocycles. The highest BCUT2D eigenvalue weighted by Crippen LogP contribution is 2.35. The standard InChI is InChI=1S/C48H62N6O8/c1-6-8-18-43(55)51(46(33(3)4)47(59)60)31-36-21-25-39(26-22-36)41-16-12-13-17-42(41)52-32-49-50-54(52)53(44(56)27-28-45(57)58)40(29-34(5)48(61)62-7-2)30-35-19-23-38(24-20-35)37-14-10-9-11-15-37/h9-17,19-26,33-34,40,44,46,49-50,56H,6-8,18,27-32H2,1-5H3,(H,57,58)(H,59,60)/t34?,40?,44?,46-/m0/s1. The van der Waals surface area contributed by atoms with Crippen molar-refractivity contribution in [1.29, 1.82) is 0 Å². The van der Waals surface area contributed by atoms with Crippen molar-refractivity contribution in [2.24, 2.45) is 11.8 Å². The Morgan fingerprint density at radius 2 is 1.42 bits per heavy atom. The first-order valence-corrected chi connectivity index (χ1v) is 21.6. The molecule has 0 aliphatic carbocycles. The molecule has 332 valence electrons. The van der Waals surface area contributed by atoms with Crippen molar-refractivity contribution in [3.8, 4) is 22.3 Å². The number of hydrogen-bond donors (Lipinski definition) is 5. The van der Waals surface area contributed by atoms with E-state index >= 15 is 0 Å². The van der Waals surface area contributed by atoms with Gasteiger partial charge in [0.2, 0.25) is 5.91 Å². The smallest absolute Gasteiger partial charge is 0.326 e. The van der Waals surface area contributed by atoms with Gasteiger partial charge in [0, 0.05) is 31.0 Å². The Hall–Kier alpha value is -5.64. The van der Waals surface area contributed by atoms with Crippen LogP contribution in [0, 0.1) is 11.8 Å². The summed E-state index contributed by atoms with van der Waals surface area (Å²) in [6, 6.07) is 32.1. The third-order valence-electron chi connectivity index (χ3n) is 11.1. The first kappa shape index (κ1) is 47.4. The fourth-order valence-electron chi connectivity index (χ4n) is 7.92. The van der Waals surface area contributed by atoms with Gasteiger partial charge in [-0.05, 0) is 72.4 Å². The Morgan fingerprint density at radius 1 is 0.790 bits per heavy atom. The van der Waals surface area contributed by atoms with Gasteiger partial charge in [0.15, 0.2) is 0 Å². The van der Waals surface area contributed by atoms with E-state index in [1.54, 1.807) is 24.1 Å². The second kappa shape index (κ2) is 23.0. The van der Waals surface area contributed by atoms with E-state index in [4.69, 9.17) is 4.74 Å². The number of rotatable bonds is 23. The van der Waals surface area contributed by atoms with Crippen molar-refractivity contribution in [2.75, 3.05) is 18.3 Å². The van der Waals surface area contributed by atoms with Gasteiger partial charge in [0.1, 0.15) is 18.9 Å². The zero-order chi connectivity index (χ0) is 44.8. The van der Waals surface area contributed by atoms with Gasteiger partial charge in [-0.2, -0.15) is 10.5 Å². The zero-order valence-corrected chi connectivity index (χ0v) is 36.4. The summed E-state index contributed by atoms with van der Waals surface area (Å²) < 4.78 is 5.41. The molecule has 0 radical (unpaired) electrons. The highest BCUT2D eigenvalue weighted by Gasteiger charge is 2.39. The van der Waals surface area contributed by atoms with Crippen molar-refractivity contribution in [3.05, 3.63) is 114 Å². The van der Waals surface area contributed by atoms with Gasteiger partial charge in [-0.25, -0.2) is 10.2 Å². The molecule has 0 bridgehead atoms. The summed E-state index contributed by atoms with van der Waals surface area (Å²) in [7, 11) is 0. The van der Waals surface area contributed by atoms with Crippen molar-refractivity contribution in [2.45, 2.75) is 104 Å². The van der Waals surface area contributed by atoms with Crippen molar-refractivity contribution >= 4 is 29.5 Å². The third-order valence-corrected chi connectivity index (χ3v) is 11.1. The van der Waals surface area contributed by atoms with Crippen LogP contribution >= 0.6 is 0 Å². The Kier molecular flexibility index (Phi) is 17.6. The number of carboxylic acids is 2. The van der Waals surface area contributed by atoms with Crippen LogP contribution in [0.25, 0.3) is 22.3 Å². The van der Waals surface area contributed by atoms with Crippen LogP contribution in [0.5, 0.6) is 0 Å². The third kappa shape index (κ3) is 12.5. The van der Waals surface area contributed by atoms with E-state index in [1.165, 1.54) is 4.90 Å². The van der Waals surface area contributed by atoms with E-state index in [-0.39, 0.29) is 63.3 Å². The predicted molar refractivity (Wildman–Crippen MR) is 238 cm³/mol. The van der Waals surface area contributed by atoms with Crippen LogP contribution in [-0.4, -0.2) is 85.9 Å². The first-order chi connectivity index (χ1) is 29.8. The van der Waals surface area contributed by atoms with Gasteiger partial charge >= 0.3 is 17.9 Å². The zero-order valence-electron chi connectivity index (χ0n) is 36.4. The molecule has 1 fully saturated rings. The summed E-state index contributed by atoms with van der Waals surface area (Å²) in [6.07, 6.45) is 0.761. The maximum atomic E-state index is 13.4. The molecule has 4 atom stereocenters. The minimum Gasteiger partial charge on any atom is -0.481 e. The maximum absolute atomic E-state index is 13.4. The predicted octanol–water partition coefficient (Wildman–Crippen LogP) is 7.25. The van der Waals surface area contributed by atoms with E-state index in [2.05, 4.69) is 11.0 Å². The number of aliphatic carboxylic acids is 2. The first-order valence-electron chi connectivity index (χ1n) is 21.6. The summed E-state index contributed by atoms with van der Waals surface area (Å²) in [6.45, 7) is 9.79. The van der Waals surface area contributed by atoms with E-state index in [1.807, 2.05) is 129 Å². The number of carboxylic acid groups (broad SMARTS) is 2. The Morgan fingerprint density at radius 3 is 2.05 bits per heavy atom. The molecule has 0 saturated carbocycles. The van der Waals surface area contributed by atoms with Gasteiger partial charge in [0.25, 0.3) is 0 Å². The summed E-state index contributed by atoms with van der Waals surface area (Å²) in [5.74, 6) is -3.49. The highest BCUT2D eigenvalue weighted by molar-refractivity contribution is 5.84. The van der Waals surface area contributed by atoms with E-state index in [0.717, 1.165) is 45.5 Å². The van der Waals surface area contributed by atoms with E-state index in [9.17, 15) is 34.5 Å². The van der Waals surface area contributed by atoms with Crippen LogP contribution < -0.4 is 16.0 Å². The lowest BCUT2D eigenvalue weighted by Gasteiger charge is -2.44. The normalized spacial score (nSPS) is 15.0. The molecule has 62 heavy (non-hydrogen) atoms. The number of benzene rings is 4. The summed E-state index contributed by atoms with van der Waals surface area (Å²) in [5, 5.41) is 37.1. The second-order valence-corrected chi connectivity index (χ2v) is 16.1. The number of anilines is 1. The number of amides is 1.